The Morgan fingerprint density at radius 3 is 1.26 bits per heavy atom. The maximum Gasteiger partial charge on any atom is 0.221 e. The Hall–Kier alpha value is -0.120. The molecule has 1 N–H and O–H groups in total. The van der Waals surface area contributed by atoms with Gasteiger partial charge in [0.05, 0.1) is 27.7 Å². The lowest BCUT2D eigenvalue weighted by molar-refractivity contribution is -0.870. The van der Waals surface area contributed by atoms with Gasteiger partial charge in [-0.1, -0.05) is 96.8 Å². The number of aliphatic hydroxyl groups is 1. The van der Waals surface area contributed by atoms with E-state index in [2.05, 4.69) is 28.1 Å². The summed E-state index contributed by atoms with van der Waals surface area (Å²) in [6.07, 6.45) is 20.8. The molecule has 0 atom stereocenters. The van der Waals surface area contributed by atoms with Crippen molar-refractivity contribution >= 4 is 16.8 Å². The molecule has 0 spiro atoms. The highest BCUT2D eigenvalue weighted by molar-refractivity contribution is 6.63. The molecule has 0 rings (SSSR count). The fourth-order valence-electron chi connectivity index (χ4n) is 2.94. The van der Waals surface area contributed by atoms with Crippen LogP contribution in [0, 0.1) is 0 Å². The van der Waals surface area contributed by atoms with Crippen molar-refractivity contribution in [2.75, 3.05) is 34.3 Å². The molecule has 0 aliphatic carbocycles. The minimum Gasteiger partial charge on any atom is -0.391 e. The monoisotopic (exact) mass is 406 g/mol. The lowest BCUT2D eigenvalue weighted by atomic mass is 10.0. The van der Waals surface area contributed by atoms with E-state index in [0.717, 1.165) is 23.9 Å². The van der Waals surface area contributed by atoms with Crippen molar-refractivity contribution < 1.29 is 14.4 Å². The number of nitrogens with zero attached hydrogens (tertiary/aromatic N) is 1. The van der Waals surface area contributed by atoms with Gasteiger partial charge in [-0.15, -0.1) is 0 Å². The van der Waals surface area contributed by atoms with E-state index in [-0.39, 0.29) is 11.8 Å². The molecular weight excluding hydrogens is 358 g/mol. The zero-order valence-corrected chi connectivity index (χ0v) is 19.7. The van der Waals surface area contributed by atoms with E-state index in [0.29, 0.717) is 6.42 Å². The number of quaternary nitrogens is 1. The molecule has 0 aromatic heterocycles. The summed E-state index contributed by atoms with van der Waals surface area (Å²) in [6, 6.07) is 0. The molecule has 0 saturated heterocycles. The number of unbranched alkanes of at least 4 members (excludes halogenated alkanes) is 14. The standard InChI is InChI=1S/C18H35ClO.C5H14NO/c1-2-3-4-5-6-7-8-9-10-11-12-13-14-15-16-17-18(19)20;1-6(2,3)4-5-7/h2-17H2,1H3;7H,4-5H2,1-3H3/q;+1. The Balaban J connectivity index is 0. The Kier molecular flexibility index (Phi) is 23.9. The predicted molar refractivity (Wildman–Crippen MR) is 120 cm³/mol. The zero-order chi connectivity index (χ0) is 20.8. The molecule has 0 radical (unpaired) electrons. The van der Waals surface area contributed by atoms with Crippen molar-refractivity contribution in [3.8, 4) is 0 Å². The molecular formula is C23H49ClNO2+. The second-order valence-corrected chi connectivity index (χ2v) is 9.21. The van der Waals surface area contributed by atoms with Gasteiger partial charge in [-0.25, -0.2) is 0 Å². The van der Waals surface area contributed by atoms with Gasteiger partial charge in [-0.3, -0.25) is 4.79 Å². The molecule has 0 aliphatic heterocycles. The fourth-order valence-corrected chi connectivity index (χ4v) is 3.07. The van der Waals surface area contributed by atoms with Crippen molar-refractivity contribution in [2.24, 2.45) is 0 Å². The molecule has 0 amide bonds. The second kappa shape index (κ2) is 22.2. The number of hydrogen-bond donors (Lipinski definition) is 1. The van der Waals surface area contributed by atoms with Crippen LogP contribution in [0.1, 0.15) is 110 Å². The first-order valence-corrected chi connectivity index (χ1v) is 11.8. The van der Waals surface area contributed by atoms with E-state index < -0.39 is 0 Å². The van der Waals surface area contributed by atoms with Gasteiger partial charge in [0.1, 0.15) is 6.54 Å². The summed E-state index contributed by atoms with van der Waals surface area (Å²) in [6.45, 7) is 3.39. The van der Waals surface area contributed by atoms with Crippen molar-refractivity contribution in [3.63, 3.8) is 0 Å². The summed E-state index contributed by atoms with van der Waals surface area (Å²) >= 11 is 5.30. The number of likely N-dealkylation sites (N-methyl/N-ethyl adjacent to an activating group) is 1. The van der Waals surface area contributed by atoms with Gasteiger partial charge < -0.3 is 9.59 Å². The molecule has 3 nitrogen and oxygen atoms in total. The highest BCUT2D eigenvalue weighted by Crippen LogP contribution is 2.13. The first kappa shape index (κ1) is 29.1. The van der Waals surface area contributed by atoms with Gasteiger partial charge in [0.25, 0.3) is 0 Å². The van der Waals surface area contributed by atoms with Gasteiger partial charge in [0.15, 0.2) is 0 Å². The normalized spacial score (nSPS) is 11.2. The van der Waals surface area contributed by atoms with Crippen molar-refractivity contribution in [3.05, 3.63) is 0 Å². The third-order valence-corrected chi connectivity index (χ3v) is 4.94. The van der Waals surface area contributed by atoms with E-state index in [4.69, 9.17) is 16.7 Å². The summed E-state index contributed by atoms with van der Waals surface area (Å²) in [5, 5.41) is 8.21. The van der Waals surface area contributed by atoms with Crippen LogP contribution < -0.4 is 0 Å². The Morgan fingerprint density at radius 1 is 0.704 bits per heavy atom. The van der Waals surface area contributed by atoms with Crippen LogP contribution in [0.4, 0.5) is 0 Å². The SMILES string of the molecule is CCCCCCCCCCCCCCCCCC(=O)Cl.C[N+](C)(C)CCO. The van der Waals surface area contributed by atoms with Gasteiger partial charge in [0.2, 0.25) is 5.24 Å². The Labute approximate surface area is 175 Å². The minimum atomic E-state index is -0.181. The van der Waals surface area contributed by atoms with E-state index in [1.807, 2.05) is 0 Å². The number of carbonyl (C=O) groups excluding carboxylic acids is 1. The third-order valence-electron chi connectivity index (χ3n) is 4.75. The molecule has 27 heavy (non-hydrogen) atoms. The van der Waals surface area contributed by atoms with E-state index >= 15 is 0 Å². The van der Waals surface area contributed by atoms with Crippen LogP contribution >= 0.6 is 11.6 Å². The van der Waals surface area contributed by atoms with Gasteiger partial charge in [-0.2, -0.15) is 0 Å². The van der Waals surface area contributed by atoms with Gasteiger partial charge in [-0.05, 0) is 18.0 Å². The summed E-state index contributed by atoms with van der Waals surface area (Å²) in [4.78, 5) is 10.5. The van der Waals surface area contributed by atoms with Gasteiger partial charge in [0, 0.05) is 6.42 Å². The van der Waals surface area contributed by atoms with E-state index in [1.165, 1.54) is 83.5 Å². The second-order valence-electron chi connectivity index (χ2n) is 8.79. The highest BCUT2D eigenvalue weighted by Gasteiger charge is 2.02. The highest BCUT2D eigenvalue weighted by atomic mass is 35.5. The maximum absolute atomic E-state index is 10.5. The van der Waals surface area contributed by atoms with Crippen LogP contribution in [-0.2, 0) is 4.79 Å². The fraction of sp³-hybridized carbons (Fsp3) is 0.957. The maximum atomic E-state index is 10.5. The topological polar surface area (TPSA) is 37.3 Å². The quantitative estimate of drug-likeness (QED) is 0.156. The first-order valence-electron chi connectivity index (χ1n) is 11.4. The number of rotatable bonds is 18. The third kappa shape index (κ3) is 33.9. The molecule has 0 aromatic carbocycles. The van der Waals surface area contributed by atoms with Crippen molar-refractivity contribution in [1.82, 2.24) is 0 Å². The Morgan fingerprint density at radius 2 is 1.04 bits per heavy atom. The van der Waals surface area contributed by atoms with Crippen molar-refractivity contribution in [1.29, 1.82) is 0 Å². The summed E-state index contributed by atoms with van der Waals surface area (Å²) in [7, 11) is 6.16. The van der Waals surface area contributed by atoms with Crippen LogP contribution in [-0.4, -0.2) is 49.1 Å². The average molecular weight is 407 g/mol. The number of carbonyl (C=O) groups is 1. The Bertz CT molecular complexity index is 303. The molecule has 0 fully saturated rings. The largest absolute Gasteiger partial charge is 0.391 e. The van der Waals surface area contributed by atoms with Crippen molar-refractivity contribution in [2.45, 2.75) is 110 Å². The lowest BCUT2D eigenvalue weighted by Crippen LogP contribution is -2.36. The van der Waals surface area contributed by atoms with E-state index in [9.17, 15) is 4.79 Å². The van der Waals surface area contributed by atoms with Crippen LogP contribution in [0.5, 0.6) is 0 Å². The molecule has 0 saturated carbocycles. The molecule has 0 aliphatic rings. The van der Waals surface area contributed by atoms with E-state index in [1.54, 1.807) is 0 Å². The molecule has 0 bridgehead atoms. The molecule has 0 heterocycles. The number of hydrogen-bond acceptors (Lipinski definition) is 2. The molecule has 0 aromatic rings. The summed E-state index contributed by atoms with van der Waals surface area (Å²) in [5.41, 5.74) is 0. The average Bonchev–Trinajstić information content (AvgIpc) is 2.57. The number of halogens is 1. The van der Waals surface area contributed by atoms with Crippen LogP contribution in [0.25, 0.3) is 0 Å². The number of aliphatic hydroxyl groups excluding tert-OH is 1. The van der Waals surface area contributed by atoms with Crippen LogP contribution in [0.15, 0.2) is 0 Å². The summed E-state index contributed by atoms with van der Waals surface area (Å²) in [5.74, 6) is 0. The predicted octanol–water partition coefficient (Wildman–Crippen LogP) is 6.70. The lowest BCUT2D eigenvalue weighted by Gasteiger charge is -2.21. The van der Waals surface area contributed by atoms with Gasteiger partial charge >= 0.3 is 0 Å². The summed E-state index contributed by atoms with van der Waals surface area (Å²) < 4.78 is 0.844. The minimum absolute atomic E-state index is 0.181. The van der Waals surface area contributed by atoms with Crippen LogP contribution in [0.2, 0.25) is 0 Å². The molecule has 4 heteroatoms. The zero-order valence-electron chi connectivity index (χ0n) is 18.9. The van der Waals surface area contributed by atoms with Crippen LogP contribution in [0.3, 0.4) is 0 Å². The first-order chi connectivity index (χ1) is 12.8. The smallest absolute Gasteiger partial charge is 0.221 e. The molecule has 0 unspecified atom stereocenters. The molecule has 164 valence electrons.